The van der Waals surface area contributed by atoms with Gasteiger partial charge in [0.1, 0.15) is 6.33 Å². The van der Waals surface area contributed by atoms with Crippen LogP contribution in [0.25, 0.3) is 0 Å². The van der Waals surface area contributed by atoms with E-state index in [1.165, 1.54) is 16.7 Å². The zero-order valence-electron chi connectivity index (χ0n) is 9.07. The molecule has 1 aromatic carbocycles. The van der Waals surface area contributed by atoms with Gasteiger partial charge in [-0.05, 0) is 25.0 Å². The highest BCUT2D eigenvalue weighted by Crippen LogP contribution is 2.11. The molecule has 2 heteroatoms. The van der Waals surface area contributed by atoms with Crippen molar-refractivity contribution in [1.82, 2.24) is 9.97 Å². The Morgan fingerprint density at radius 1 is 1.20 bits per heavy atom. The lowest BCUT2D eigenvalue weighted by Crippen LogP contribution is -1.95. The molecule has 0 saturated carbocycles. The van der Waals surface area contributed by atoms with E-state index in [9.17, 15) is 0 Å². The number of aromatic nitrogens is 2. The first-order valence-corrected chi connectivity index (χ1v) is 5.07. The molecule has 2 rings (SSSR count). The smallest absolute Gasteiger partial charge is 0.115 e. The first-order chi connectivity index (χ1) is 7.25. The van der Waals surface area contributed by atoms with Crippen LogP contribution in [0.5, 0.6) is 0 Å². The third-order valence-electron chi connectivity index (χ3n) is 2.49. The quantitative estimate of drug-likeness (QED) is 0.741. The summed E-state index contributed by atoms with van der Waals surface area (Å²) in [5.74, 6) is 0. The third-order valence-corrected chi connectivity index (χ3v) is 2.49. The van der Waals surface area contributed by atoms with Gasteiger partial charge in [-0.15, -0.1) is 0 Å². The van der Waals surface area contributed by atoms with Crippen molar-refractivity contribution in [1.29, 1.82) is 0 Å². The van der Waals surface area contributed by atoms with Crippen molar-refractivity contribution in [2.75, 3.05) is 0 Å². The van der Waals surface area contributed by atoms with Crippen LogP contribution in [0.1, 0.15) is 22.4 Å². The molecule has 0 radical (unpaired) electrons. The summed E-state index contributed by atoms with van der Waals surface area (Å²) in [6.07, 6.45) is 4.40. The molecule has 2 nitrogen and oxygen atoms in total. The molecule has 0 amide bonds. The fourth-order valence-corrected chi connectivity index (χ4v) is 1.64. The topological polar surface area (TPSA) is 25.8 Å². The lowest BCUT2D eigenvalue weighted by molar-refractivity contribution is 1.01. The van der Waals surface area contributed by atoms with Gasteiger partial charge in [-0.3, -0.25) is 0 Å². The Morgan fingerprint density at radius 3 is 2.80 bits per heavy atom. The van der Waals surface area contributed by atoms with Crippen molar-refractivity contribution in [2.24, 2.45) is 0 Å². The number of hydrogen-bond donors (Lipinski definition) is 0. The fraction of sp³-hybridized carbons (Fsp3) is 0.231. The van der Waals surface area contributed by atoms with Gasteiger partial charge in [-0.1, -0.05) is 29.8 Å². The van der Waals surface area contributed by atoms with Gasteiger partial charge < -0.3 is 0 Å². The average Bonchev–Trinajstić information content (AvgIpc) is 2.22. The van der Waals surface area contributed by atoms with E-state index >= 15 is 0 Å². The molecule has 0 bridgehead atoms. The van der Waals surface area contributed by atoms with Gasteiger partial charge in [-0.25, -0.2) is 9.97 Å². The van der Waals surface area contributed by atoms with Gasteiger partial charge in [0.15, 0.2) is 0 Å². The largest absolute Gasteiger partial charge is 0.245 e. The highest BCUT2D eigenvalue weighted by Gasteiger charge is 2.00. The highest BCUT2D eigenvalue weighted by atomic mass is 14.8. The van der Waals surface area contributed by atoms with Crippen LogP contribution in [0, 0.1) is 13.8 Å². The molecular weight excluding hydrogens is 184 g/mol. The summed E-state index contributed by atoms with van der Waals surface area (Å²) in [5.41, 5.74) is 4.87. The maximum absolute atomic E-state index is 4.19. The summed E-state index contributed by atoms with van der Waals surface area (Å²) in [6, 6.07) is 8.54. The molecule has 0 N–H and O–H groups in total. The summed E-state index contributed by atoms with van der Waals surface area (Å²) < 4.78 is 0. The Kier molecular flexibility index (Phi) is 2.77. The molecule has 0 saturated heterocycles. The van der Waals surface area contributed by atoms with Crippen LogP contribution in [0.2, 0.25) is 0 Å². The van der Waals surface area contributed by atoms with Gasteiger partial charge in [0.2, 0.25) is 0 Å². The third kappa shape index (κ3) is 2.40. The molecule has 0 spiro atoms. The number of rotatable bonds is 2. The molecule has 2 aromatic rings. The maximum Gasteiger partial charge on any atom is 0.115 e. The van der Waals surface area contributed by atoms with Crippen LogP contribution in [0.15, 0.2) is 36.8 Å². The molecular formula is C13H14N2. The Balaban J connectivity index is 2.26. The molecule has 0 fully saturated rings. The van der Waals surface area contributed by atoms with Crippen molar-refractivity contribution < 1.29 is 0 Å². The van der Waals surface area contributed by atoms with E-state index < -0.39 is 0 Å². The lowest BCUT2D eigenvalue weighted by Gasteiger charge is -2.04. The van der Waals surface area contributed by atoms with Crippen LogP contribution in [0.4, 0.5) is 0 Å². The molecule has 15 heavy (non-hydrogen) atoms. The predicted molar refractivity (Wildman–Crippen MR) is 60.8 cm³/mol. The number of benzene rings is 1. The van der Waals surface area contributed by atoms with Crippen LogP contribution < -0.4 is 0 Å². The zero-order chi connectivity index (χ0) is 10.7. The minimum atomic E-state index is 0.911. The Morgan fingerprint density at radius 2 is 2.07 bits per heavy atom. The zero-order valence-corrected chi connectivity index (χ0v) is 9.07. The molecule has 0 aliphatic heterocycles. The average molecular weight is 198 g/mol. The second kappa shape index (κ2) is 4.22. The second-order valence-corrected chi connectivity index (χ2v) is 3.80. The lowest BCUT2D eigenvalue weighted by atomic mass is 10.0. The van der Waals surface area contributed by atoms with Crippen LogP contribution in [0.3, 0.4) is 0 Å². The minimum Gasteiger partial charge on any atom is -0.245 e. The molecule has 0 aliphatic rings. The Labute approximate surface area is 90.0 Å². The van der Waals surface area contributed by atoms with Gasteiger partial charge in [0, 0.05) is 18.3 Å². The molecule has 0 unspecified atom stereocenters. The normalized spacial score (nSPS) is 10.3. The number of nitrogens with zero attached hydrogens (tertiary/aromatic N) is 2. The highest BCUT2D eigenvalue weighted by molar-refractivity contribution is 5.29. The summed E-state index contributed by atoms with van der Waals surface area (Å²) in [5, 5.41) is 0. The van der Waals surface area contributed by atoms with Crippen molar-refractivity contribution >= 4 is 0 Å². The molecule has 1 aromatic heterocycles. The molecule has 0 aliphatic carbocycles. The van der Waals surface area contributed by atoms with E-state index in [-0.39, 0.29) is 0 Å². The standard InChI is InChI=1S/C13H14N2/c1-10-4-3-5-12(6-10)7-13-8-14-9-15-11(13)2/h3-6,8-9H,7H2,1-2H3. The van der Waals surface area contributed by atoms with Gasteiger partial charge >= 0.3 is 0 Å². The summed E-state index contributed by atoms with van der Waals surface area (Å²) in [7, 11) is 0. The van der Waals surface area contributed by atoms with Crippen molar-refractivity contribution in [3.05, 3.63) is 59.2 Å². The van der Waals surface area contributed by atoms with Crippen molar-refractivity contribution in [3.8, 4) is 0 Å². The monoisotopic (exact) mass is 198 g/mol. The second-order valence-electron chi connectivity index (χ2n) is 3.80. The molecule has 0 atom stereocenters. The van der Waals surface area contributed by atoms with E-state index in [1.54, 1.807) is 6.33 Å². The summed E-state index contributed by atoms with van der Waals surface area (Å²) >= 11 is 0. The van der Waals surface area contributed by atoms with Crippen LogP contribution >= 0.6 is 0 Å². The van der Waals surface area contributed by atoms with E-state index in [0.717, 1.165) is 12.1 Å². The van der Waals surface area contributed by atoms with E-state index in [4.69, 9.17) is 0 Å². The predicted octanol–water partition coefficient (Wildman–Crippen LogP) is 2.68. The Hall–Kier alpha value is -1.70. The SMILES string of the molecule is Cc1cccc(Cc2cncnc2C)c1. The maximum atomic E-state index is 4.19. The first kappa shape index (κ1) is 9.84. The first-order valence-electron chi connectivity index (χ1n) is 5.07. The Bertz CT molecular complexity index is 464. The number of aryl methyl sites for hydroxylation is 2. The summed E-state index contributed by atoms with van der Waals surface area (Å²) in [4.78, 5) is 8.24. The molecule has 76 valence electrons. The van der Waals surface area contributed by atoms with Gasteiger partial charge in [0.05, 0.1) is 0 Å². The van der Waals surface area contributed by atoms with Gasteiger partial charge in [0.25, 0.3) is 0 Å². The number of hydrogen-bond acceptors (Lipinski definition) is 2. The minimum absolute atomic E-state index is 0.911. The fourth-order valence-electron chi connectivity index (χ4n) is 1.64. The van der Waals surface area contributed by atoms with Crippen LogP contribution in [-0.4, -0.2) is 9.97 Å². The van der Waals surface area contributed by atoms with Crippen molar-refractivity contribution in [2.45, 2.75) is 20.3 Å². The van der Waals surface area contributed by atoms with E-state index in [0.29, 0.717) is 0 Å². The molecule has 1 heterocycles. The van der Waals surface area contributed by atoms with E-state index in [1.807, 2.05) is 13.1 Å². The summed E-state index contributed by atoms with van der Waals surface area (Å²) in [6.45, 7) is 4.13. The van der Waals surface area contributed by atoms with Crippen LogP contribution in [-0.2, 0) is 6.42 Å². The van der Waals surface area contributed by atoms with E-state index in [2.05, 4.69) is 41.2 Å². The van der Waals surface area contributed by atoms with Gasteiger partial charge in [-0.2, -0.15) is 0 Å². The van der Waals surface area contributed by atoms with Crippen molar-refractivity contribution in [3.63, 3.8) is 0 Å².